The summed E-state index contributed by atoms with van der Waals surface area (Å²) < 4.78 is 5.35. The highest BCUT2D eigenvalue weighted by Crippen LogP contribution is 2.16. The van der Waals surface area contributed by atoms with E-state index in [1.807, 2.05) is 24.0 Å². The van der Waals surface area contributed by atoms with Gasteiger partial charge in [0.2, 0.25) is 0 Å². The molecule has 1 saturated heterocycles. The zero-order chi connectivity index (χ0) is 12.3. The second-order valence-electron chi connectivity index (χ2n) is 4.33. The van der Waals surface area contributed by atoms with Crippen LogP contribution in [0.4, 0.5) is 5.69 Å². The van der Waals surface area contributed by atoms with E-state index in [1.165, 1.54) is 0 Å². The van der Waals surface area contributed by atoms with E-state index in [2.05, 4.69) is 0 Å². The largest absolute Gasteiger partial charge is 0.399 e. The summed E-state index contributed by atoms with van der Waals surface area (Å²) in [5.41, 5.74) is 8.03. The van der Waals surface area contributed by atoms with Gasteiger partial charge in [-0.3, -0.25) is 4.79 Å². The normalized spacial score (nSPS) is 15.7. The number of nitrogens with two attached hydrogens (primary N) is 1. The molecule has 1 aromatic rings. The average molecular weight is 271 g/mol. The topological polar surface area (TPSA) is 55.6 Å². The third-order valence-electron chi connectivity index (χ3n) is 3.00. The van der Waals surface area contributed by atoms with Crippen LogP contribution in [0.2, 0.25) is 0 Å². The van der Waals surface area contributed by atoms with Crippen molar-refractivity contribution in [2.75, 3.05) is 32.0 Å². The highest BCUT2D eigenvalue weighted by Gasteiger charge is 2.19. The molecule has 0 aliphatic carbocycles. The number of anilines is 1. The number of benzene rings is 1. The quantitative estimate of drug-likeness (QED) is 0.793. The summed E-state index contributed by atoms with van der Waals surface area (Å²) in [6.07, 6.45) is 0.896. The van der Waals surface area contributed by atoms with Crippen molar-refractivity contribution in [1.82, 2.24) is 4.90 Å². The van der Waals surface area contributed by atoms with Gasteiger partial charge in [-0.25, -0.2) is 0 Å². The first-order chi connectivity index (χ1) is 8.18. The van der Waals surface area contributed by atoms with Gasteiger partial charge in [0.15, 0.2) is 0 Å². The Morgan fingerprint density at radius 2 is 2.11 bits per heavy atom. The molecule has 1 aliphatic rings. The standard InChI is InChI=1S/C13H18N2O2.ClH/c1-10-3-4-11(14)9-12(10)13(16)15-5-2-7-17-8-6-15;/h3-4,9H,2,5-8,14H2,1H3;1H. The number of hydrogen-bond acceptors (Lipinski definition) is 3. The van der Waals surface area contributed by atoms with Gasteiger partial charge in [-0.2, -0.15) is 0 Å². The number of nitrogen functional groups attached to an aromatic ring is 1. The molecule has 5 heteroatoms. The number of nitrogens with zero attached hydrogens (tertiary/aromatic N) is 1. The van der Waals surface area contributed by atoms with Crippen LogP contribution >= 0.6 is 12.4 Å². The van der Waals surface area contributed by atoms with Crippen molar-refractivity contribution in [3.8, 4) is 0 Å². The monoisotopic (exact) mass is 270 g/mol. The van der Waals surface area contributed by atoms with E-state index in [1.54, 1.807) is 6.07 Å². The lowest BCUT2D eigenvalue weighted by Gasteiger charge is -2.20. The van der Waals surface area contributed by atoms with Crippen LogP contribution in [0.5, 0.6) is 0 Å². The molecule has 0 unspecified atom stereocenters. The molecule has 0 atom stereocenters. The maximum atomic E-state index is 12.3. The van der Waals surface area contributed by atoms with Crippen molar-refractivity contribution < 1.29 is 9.53 Å². The number of aryl methyl sites for hydroxylation is 1. The Bertz CT molecular complexity index is 415. The van der Waals surface area contributed by atoms with Crippen molar-refractivity contribution in [3.63, 3.8) is 0 Å². The Balaban J connectivity index is 0.00000162. The lowest BCUT2D eigenvalue weighted by atomic mass is 10.1. The van der Waals surface area contributed by atoms with E-state index >= 15 is 0 Å². The number of ether oxygens (including phenoxy) is 1. The van der Waals surface area contributed by atoms with Crippen LogP contribution in [0, 0.1) is 6.92 Å². The number of halogens is 1. The summed E-state index contributed by atoms with van der Waals surface area (Å²) in [7, 11) is 0. The molecule has 0 bridgehead atoms. The van der Waals surface area contributed by atoms with Gasteiger partial charge >= 0.3 is 0 Å². The zero-order valence-corrected chi connectivity index (χ0v) is 11.3. The van der Waals surface area contributed by atoms with Gasteiger partial charge < -0.3 is 15.4 Å². The minimum Gasteiger partial charge on any atom is -0.399 e. The van der Waals surface area contributed by atoms with Crippen LogP contribution in [0.25, 0.3) is 0 Å². The van der Waals surface area contributed by atoms with Gasteiger partial charge in [-0.1, -0.05) is 6.07 Å². The van der Waals surface area contributed by atoms with E-state index in [0.29, 0.717) is 24.4 Å². The van der Waals surface area contributed by atoms with E-state index in [4.69, 9.17) is 10.5 Å². The highest BCUT2D eigenvalue weighted by atomic mass is 35.5. The molecule has 1 aromatic carbocycles. The second kappa shape index (κ2) is 6.61. The SMILES string of the molecule is Cc1ccc(N)cc1C(=O)N1CCCOCC1.Cl. The molecule has 1 aliphatic heterocycles. The number of rotatable bonds is 1. The van der Waals surface area contributed by atoms with Crippen molar-refractivity contribution in [1.29, 1.82) is 0 Å². The van der Waals surface area contributed by atoms with E-state index in [0.717, 1.165) is 25.1 Å². The van der Waals surface area contributed by atoms with Crippen molar-refractivity contribution in [2.45, 2.75) is 13.3 Å². The van der Waals surface area contributed by atoms with Gasteiger partial charge in [-0.15, -0.1) is 12.4 Å². The average Bonchev–Trinajstić information content (AvgIpc) is 2.60. The molecule has 1 amide bonds. The maximum absolute atomic E-state index is 12.3. The molecule has 100 valence electrons. The summed E-state index contributed by atoms with van der Waals surface area (Å²) in [4.78, 5) is 14.2. The third-order valence-corrected chi connectivity index (χ3v) is 3.00. The predicted octanol–water partition coefficient (Wildman–Crippen LogP) is 1.86. The van der Waals surface area contributed by atoms with Crippen LogP contribution in [0.15, 0.2) is 18.2 Å². The molecule has 18 heavy (non-hydrogen) atoms. The minimum atomic E-state index is 0. The van der Waals surface area contributed by atoms with Gasteiger partial charge in [0.05, 0.1) is 6.61 Å². The van der Waals surface area contributed by atoms with E-state index in [-0.39, 0.29) is 18.3 Å². The summed E-state index contributed by atoms with van der Waals surface area (Å²) in [6, 6.07) is 5.46. The first-order valence-electron chi connectivity index (χ1n) is 5.91. The highest BCUT2D eigenvalue weighted by molar-refractivity contribution is 5.96. The Morgan fingerprint density at radius 1 is 1.33 bits per heavy atom. The fourth-order valence-corrected chi connectivity index (χ4v) is 1.99. The molecule has 0 aromatic heterocycles. The molecule has 1 heterocycles. The van der Waals surface area contributed by atoms with Crippen molar-refractivity contribution in [3.05, 3.63) is 29.3 Å². The lowest BCUT2D eigenvalue weighted by Crippen LogP contribution is -2.33. The molecule has 2 N–H and O–H groups in total. The molecule has 1 fully saturated rings. The smallest absolute Gasteiger partial charge is 0.254 e. The van der Waals surface area contributed by atoms with Crippen molar-refractivity contribution in [2.24, 2.45) is 0 Å². The fraction of sp³-hybridized carbons (Fsp3) is 0.462. The molecular weight excluding hydrogens is 252 g/mol. The molecule has 0 saturated carbocycles. The maximum Gasteiger partial charge on any atom is 0.254 e. The zero-order valence-electron chi connectivity index (χ0n) is 10.5. The first-order valence-corrected chi connectivity index (χ1v) is 5.91. The number of hydrogen-bond donors (Lipinski definition) is 1. The molecule has 0 spiro atoms. The van der Waals surface area contributed by atoms with E-state index < -0.39 is 0 Å². The van der Waals surface area contributed by atoms with Gasteiger partial charge in [0, 0.05) is 30.9 Å². The number of amides is 1. The Hall–Kier alpha value is -1.26. The summed E-state index contributed by atoms with van der Waals surface area (Å²) in [5, 5.41) is 0. The number of carbonyl (C=O) groups is 1. The molecular formula is C13H19ClN2O2. The Morgan fingerprint density at radius 3 is 2.89 bits per heavy atom. The van der Waals surface area contributed by atoms with E-state index in [9.17, 15) is 4.79 Å². The molecule has 2 rings (SSSR count). The summed E-state index contributed by atoms with van der Waals surface area (Å²) in [5.74, 6) is 0.0558. The summed E-state index contributed by atoms with van der Waals surface area (Å²) >= 11 is 0. The van der Waals surface area contributed by atoms with Crippen LogP contribution in [0.1, 0.15) is 22.3 Å². The minimum absolute atomic E-state index is 0. The van der Waals surface area contributed by atoms with Gasteiger partial charge in [0.1, 0.15) is 0 Å². The predicted molar refractivity (Wildman–Crippen MR) is 74.2 cm³/mol. The van der Waals surface area contributed by atoms with Crippen LogP contribution in [0.3, 0.4) is 0 Å². The number of carbonyl (C=O) groups excluding carboxylic acids is 1. The molecule has 4 nitrogen and oxygen atoms in total. The summed E-state index contributed by atoms with van der Waals surface area (Å²) in [6.45, 7) is 4.70. The van der Waals surface area contributed by atoms with Crippen molar-refractivity contribution >= 4 is 24.0 Å². The fourth-order valence-electron chi connectivity index (χ4n) is 1.99. The second-order valence-corrected chi connectivity index (χ2v) is 4.33. The van der Waals surface area contributed by atoms with Crippen LogP contribution in [-0.4, -0.2) is 37.1 Å². The lowest BCUT2D eigenvalue weighted by molar-refractivity contribution is 0.0740. The van der Waals surface area contributed by atoms with Crippen LogP contribution < -0.4 is 5.73 Å². The van der Waals surface area contributed by atoms with Gasteiger partial charge in [-0.05, 0) is 31.0 Å². The van der Waals surface area contributed by atoms with Gasteiger partial charge in [0.25, 0.3) is 5.91 Å². The Kier molecular flexibility index (Phi) is 5.44. The molecule has 0 radical (unpaired) electrons. The first kappa shape index (κ1) is 14.8. The van der Waals surface area contributed by atoms with Crippen LogP contribution in [-0.2, 0) is 4.74 Å². The Labute approximate surface area is 114 Å². The third kappa shape index (κ3) is 3.37.